The molecule has 1 atom stereocenters. The Bertz CT molecular complexity index is 469. The second-order valence-corrected chi connectivity index (χ2v) is 5.75. The van der Waals surface area contributed by atoms with E-state index < -0.39 is 0 Å². The molecule has 0 aromatic heterocycles. The lowest BCUT2D eigenvalue weighted by molar-refractivity contribution is -0.126. The van der Waals surface area contributed by atoms with Crippen molar-refractivity contribution in [3.63, 3.8) is 0 Å². The highest BCUT2D eigenvalue weighted by Gasteiger charge is 2.31. The molecule has 1 aromatic rings. The fourth-order valence-electron chi connectivity index (χ4n) is 2.41. The Morgan fingerprint density at radius 2 is 1.71 bits per heavy atom. The van der Waals surface area contributed by atoms with Crippen LogP contribution in [0.4, 0.5) is 0 Å². The summed E-state index contributed by atoms with van der Waals surface area (Å²) in [7, 11) is 0. The fraction of sp³-hybridized carbons (Fsp3) is 0.529. The first-order chi connectivity index (χ1) is 9.91. The smallest absolute Gasteiger partial charge is 0.239 e. The van der Waals surface area contributed by atoms with Crippen LogP contribution in [0.5, 0.6) is 0 Å². The van der Waals surface area contributed by atoms with Gasteiger partial charge in [0.2, 0.25) is 11.8 Å². The van der Waals surface area contributed by atoms with Crippen LogP contribution in [0.3, 0.4) is 0 Å². The summed E-state index contributed by atoms with van der Waals surface area (Å²) in [6.07, 6.45) is 1.22. The summed E-state index contributed by atoms with van der Waals surface area (Å²) in [4.78, 5) is 23.2. The van der Waals surface area contributed by atoms with Gasteiger partial charge in [-0.2, -0.15) is 0 Å². The van der Waals surface area contributed by atoms with Crippen LogP contribution in [0.25, 0.3) is 0 Å². The molecule has 4 heteroatoms. The van der Waals surface area contributed by atoms with Crippen LogP contribution >= 0.6 is 0 Å². The van der Waals surface area contributed by atoms with Crippen LogP contribution in [0.15, 0.2) is 30.3 Å². The SMILES string of the molecule is CCC(=O)NCC(=O)N[C@H](CC)C(C)(C)c1ccccc1. The lowest BCUT2D eigenvalue weighted by atomic mass is 9.76. The standard InChI is InChI=1S/C17H26N2O2/c1-5-14(19-16(21)12-18-15(20)6-2)17(3,4)13-10-8-7-9-11-13/h7-11,14H,5-6,12H2,1-4H3,(H,18,20)(H,19,21)/t14-/m1/s1. The summed E-state index contributed by atoms with van der Waals surface area (Å²) >= 11 is 0. The number of carbonyl (C=O) groups is 2. The zero-order chi connectivity index (χ0) is 15.9. The Hall–Kier alpha value is -1.84. The molecule has 0 aliphatic carbocycles. The predicted molar refractivity (Wildman–Crippen MR) is 85.0 cm³/mol. The lowest BCUT2D eigenvalue weighted by Crippen LogP contribution is -2.49. The number of hydrogen-bond donors (Lipinski definition) is 2. The van der Waals surface area contributed by atoms with Crippen molar-refractivity contribution in [2.75, 3.05) is 6.54 Å². The Morgan fingerprint density at radius 3 is 2.24 bits per heavy atom. The van der Waals surface area contributed by atoms with Gasteiger partial charge in [-0.25, -0.2) is 0 Å². The third-order valence-corrected chi connectivity index (χ3v) is 3.90. The van der Waals surface area contributed by atoms with Crippen molar-refractivity contribution in [2.45, 2.75) is 52.0 Å². The van der Waals surface area contributed by atoms with Crippen LogP contribution in [0.1, 0.15) is 46.1 Å². The molecule has 116 valence electrons. The first kappa shape index (κ1) is 17.2. The largest absolute Gasteiger partial charge is 0.351 e. The van der Waals surface area contributed by atoms with Gasteiger partial charge in [-0.05, 0) is 12.0 Å². The molecule has 1 rings (SSSR count). The van der Waals surface area contributed by atoms with Crippen LogP contribution in [-0.2, 0) is 15.0 Å². The van der Waals surface area contributed by atoms with Crippen molar-refractivity contribution in [1.82, 2.24) is 10.6 Å². The Morgan fingerprint density at radius 1 is 1.10 bits per heavy atom. The van der Waals surface area contributed by atoms with Crippen molar-refractivity contribution >= 4 is 11.8 Å². The maximum absolute atomic E-state index is 12.0. The van der Waals surface area contributed by atoms with Gasteiger partial charge in [-0.1, -0.05) is 58.0 Å². The van der Waals surface area contributed by atoms with Gasteiger partial charge in [0, 0.05) is 17.9 Å². The molecule has 2 N–H and O–H groups in total. The minimum Gasteiger partial charge on any atom is -0.351 e. The Kier molecular flexibility index (Phi) is 6.40. The van der Waals surface area contributed by atoms with Gasteiger partial charge >= 0.3 is 0 Å². The molecule has 0 radical (unpaired) electrons. The van der Waals surface area contributed by atoms with E-state index in [1.54, 1.807) is 6.92 Å². The van der Waals surface area contributed by atoms with E-state index in [1.807, 2.05) is 18.2 Å². The van der Waals surface area contributed by atoms with Gasteiger partial charge in [-0.3, -0.25) is 9.59 Å². The van der Waals surface area contributed by atoms with E-state index in [9.17, 15) is 9.59 Å². The minimum absolute atomic E-state index is 0.0194. The first-order valence-electron chi connectivity index (χ1n) is 7.53. The molecule has 0 aliphatic heterocycles. The normalized spacial score (nSPS) is 12.6. The number of hydrogen-bond acceptors (Lipinski definition) is 2. The molecule has 4 nitrogen and oxygen atoms in total. The Balaban J connectivity index is 2.70. The highest BCUT2D eigenvalue weighted by atomic mass is 16.2. The van der Waals surface area contributed by atoms with Crippen molar-refractivity contribution in [1.29, 1.82) is 0 Å². The summed E-state index contributed by atoms with van der Waals surface area (Å²) in [6.45, 7) is 8.11. The van der Waals surface area contributed by atoms with E-state index in [0.717, 1.165) is 6.42 Å². The molecule has 21 heavy (non-hydrogen) atoms. The van der Waals surface area contributed by atoms with Crippen molar-refractivity contribution < 1.29 is 9.59 Å². The molecule has 0 aliphatic rings. The lowest BCUT2D eigenvalue weighted by Gasteiger charge is -2.35. The van der Waals surface area contributed by atoms with Crippen LogP contribution in [-0.4, -0.2) is 24.4 Å². The van der Waals surface area contributed by atoms with Gasteiger partial charge in [0.1, 0.15) is 0 Å². The predicted octanol–water partition coefficient (Wildman–Crippen LogP) is 2.39. The van der Waals surface area contributed by atoms with Gasteiger partial charge in [0.05, 0.1) is 6.54 Å². The molecular formula is C17H26N2O2. The third kappa shape index (κ3) is 4.88. The van der Waals surface area contributed by atoms with E-state index in [1.165, 1.54) is 5.56 Å². The molecular weight excluding hydrogens is 264 g/mol. The van der Waals surface area contributed by atoms with Crippen LogP contribution in [0, 0.1) is 0 Å². The summed E-state index contributed by atoms with van der Waals surface area (Å²) in [6, 6.07) is 10.2. The Labute approximate surface area is 127 Å². The first-order valence-corrected chi connectivity index (χ1v) is 7.53. The summed E-state index contributed by atoms with van der Waals surface area (Å²) < 4.78 is 0. The molecule has 0 unspecified atom stereocenters. The summed E-state index contributed by atoms with van der Waals surface area (Å²) in [5, 5.41) is 5.63. The van der Waals surface area contributed by atoms with E-state index in [-0.39, 0.29) is 29.8 Å². The molecule has 0 saturated carbocycles. The van der Waals surface area contributed by atoms with Crippen molar-refractivity contribution in [2.24, 2.45) is 0 Å². The quantitative estimate of drug-likeness (QED) is 0.810. The van der Waals surface area contributed by atoms with E-state index in [0.29, 0.717) is 6.42 Å². The van der Waals surface area contributed by atoms with Crippen LogP contribution in [0.2, 0.25) is 0 Å². The number of benzene rings is 1. The molecule has 0 saturated heterocycles. The molecule has 0 spiro atoms. The number of nitrogens with one attached hydrogen (secondary N) is 2. The van der Waals surface area contributed by atoms with Crippen molar-refractivity contribution in [3.05, 3.63) is 35.9 Å². The average molecular weight is 290 g/mol. The molecule has 0 heterocycles. The summed E-state index contributed by atoms with van der Waals surface area (Å²) in [5.74, 6) is -0.256. The molecule has 2 amide bonds. The second kappa shape index (κ2) is 7.81. The zero-order valence-corrected chi connectivity index (χ0v) is 13.4. The number of carbonyl (C=O) groups excluding carboxylic acids is 2. The van der Waals surface area contributed by atoms with Gasteiger partial charge in [0.15, 0.2) is 0 Å². The number of rotatable bonds is 7. The number of amides is 2. The zero-order valence-electron chi connectivity index (χ0n) is 13.4. The average Bonchev–Trinajstić information content (AvgIpc) is 2.50. The summed E-state index contributed by atoms with van der Waals surface area (Å²) in [5.41, 5.74) is 1.02. The highest BCUT2D eigenvalue weighted by Crippen LogP contribution is 2.28. The fourth-order valence-corrected chi connectivity index (χ4v) is 2.41. The van der Waals surface area contributed by atoms with Gasteiger partial charge < -0.3 is 10.6 Å². The minimum atomic E-state index is -0.166. The van der Waals surface area contributed by atoms with E-state index in [2.05, 4.69) is 43.5 Å². The van der Waals surface area contributed by atoms with Crippen LogP contribution < -0.4 is 10.6 Å². The van der Waals surface area contributed by atoms with E-state index >= 15 is 0 Å². The molecule has 1 aromatic carbocycles. The molecule has 0 fully saturated rings. The van der Waals surface area contributed by atoms with E-state index in [4.69, 9.17) is 0 Å². The maximum Gasteiger partial charge on any atom is 0.239 e. The van der Waals surface area contributed by atoms with Crippen molar-refractivity contribution in [3.8, 4) is 0 Å². The van der Waals surface area contributed by atoms with Gasteiger partial charge in [0.25, 0.3) is 0 Å². The van der Waals surface area contributed by atoms with Gasteiger partial charge in [-0.15, -0.1) is 0 Å². The second-order valence-electron chi connectivity index (χ2n) is 5.75. The highest BCUT2D eigenvalue weighted by molar-refractivity contribution is 5.84. The molecule has 0 bridgehead atoms. The topological polar surface area (TPSA) is 58.2 Å². The monoisotopic (exact) mass is 290 g/mol. The third-order valence-electron chi connectivity index (χ3n) is 3.90. The maximum atomic E-state index is 12.0.